The Bertz CT molecular complexity index is 1900. The number of carbonyl (C=O) groups excluding carboxylic acids is 3. The van der Waals surface area contributed by atoms with Crippen LogP contribution in [0.25, 0.3) is 11.3 Å². The molecule has 4 aliphatic rings. The van der Waals surface area contributed by atoms with Crippen LogP contribution in [0.2, 0.25) is 0 Å². The molecule has 4 aliphatic heterocycles. The molecule has 0 saturated carbocycles. The first-order valence-corrected chi connectivity index (χ1v) is 20.5. The third-order valence-electron chi connectivity index (χ3n) is 11.7. The molecule has 1 aromatic carbocycles. The van der Waals surface area contributed by atoms with Gasteiger partial charge in [-0.3, -0.25) is 34.2 Å². The number of amides is 2. The van der Waals surface area contributed by atoms with Crippen LogP contribution in [-0.4, -0.2) is 134 Å². The summed E-state index contributed by atoms with van der Waals surface area (Å²) in [6, 6.07) is 5.86. The van der Waals surface area contributed by atoms with Crippen molar-refractivity contribution in [2.24, 2.45) is 13.0 Å². The van der Waals surface area contributed by atoms with Gasteiger partial charge in [-0.05, 0) is 75.8 Å². The van der Waals surface area contributed by atoms with Crippen molar-refractivity contribution < 1.29 is 27.6 Å². The summed E-state index contributed by atoms with van der Waals surface area (Å²) in [5.41, 5.74) is 1.81. The standard InChI is InChI=1S/C39H52F3N11O3S/c1-26-18-31(45-38-43-21-33(39(40,41)42)36(47-38)30-20-44-49(3)24-30)10-13-53(26)57-52-11-8-27(9-12-52)22-50-14-16-51(17-15-50)32-5-4-28(25-54)29(19-32)23-48(2)34-6-7-35(55)46-37(34)56/h4-5,19-21,24-27,31,34H,6-18,22-23H2,1-3H3,(H,43,45,47)(H,46,55,56). The highest BCUT2D eigenvalue weighted by Gasteiger charge is 2.37. The number of hydrogen-bond donors (Lipinski definition) is 2. The molecule has 3 unspecified atom stereocenters. The molecule has 2 N–H and O–H groups in total. The summed E-state index contributed by atoms with van der Waals surface area (Å²) in [5, 5.41) is 9.75. The monoisotopic (exact) mass is 811 g/mol. The molecule has 0 aliphatic carbocycles. The van der Waals surface area contributed by atoms with Crippen LogP contribution in [0, 0.1) is 5.92 Å². The molecule has 18 heteroatoms. The van der Waals surface area contributed by atoms with Crippen molar-refractivity contribution in [1.82, 2.24) is 43.5 Å². The molecule has 4 saturated heterocycles. The van der Waals surface area contributed by atoms with Crippen molar-refractivity contribution in [2.45, 2.75) is 76.3 Å². The van der Waals surface area contributed by atoms with Gasteiger partial charge in [0.2, 0.25) is 17.8 Å². The van der Waals surface area contributed by atoms with Gasteiger partial charge in [0.15, 0.2) is 0 Å². The Kier molecular flexibility index (Phi) is 12.8. The zero-order valence-electron chi connectivity index (χ0n) is 32.7. The van der Waals surface area contributed by atoms with E-state index in [1.54, 1.807) is 7.05 Å². The van der Waals surface area contributed by atoms with Gasteiger partial charge >= 0.3 is 6.18 Å². The highest BCUT2D eigenvalue weighted by Crippen LogP contribution is 2.37. The predicted octanol–water partition coefficient (Wildman–Crippen LogP) is 4.31. The molecule has 4 fully saturated rings. The van der Waals surface area contributed by atoms with E-state index in [4.69, 9.17) is 0 Å². The van der Waals surface area contributed by atoms with Crippen molar-refractivity contribution in [2.75, 3.05) is 69.6 Å². The van der Waals surface area contributed by atoms with E-state index in [0.717, 1.165) is 102 Å². The van der Waals surface area contributed by atoms with Gasteiger partial charge in [0.1, 0.15) is 11.8 Å². The summed E-state index contributed by atoms with van der Waals surface area (Å²) in [6.07, 6.45) is 4.77. The molecule has 2 aromatic heterocycles. The second-order valence-electron chi connectivity index (χ2n) is 15.8. The quantitative estimate of drug-likeness (QED) is 0.153. The first-order chi connectivity index (χ1) is 27.3. The predicted molar refractivity (Wildman–Crippen MR) is 212 cm³/mol. The van der Waals surface area contributed by atoms with Gasteiger partial charge in [0.25, 0.3) is 0 Å². The molecular formula is C39H52F3N11O3S. The van der Waals surface area contributed by atoms with E-state index in [2.05, 4.69) is 57.1 Å². The fourth-order valence-corrected chi connectivity index (χ4v) is 9.51. The minimum Gasteiger partial charge on any atom is -0.369 e. The molecule has 2 amide bonds. The number of aldehydes is 1. The number of halogens is 3. The van der Waals surface area contributed by atoms with Crippen LogP contribution in [0.5, 0.6) is 0 Å². The Morgan fingerprint density at radius 3 is 2.47 bits per heavy atom. The molecule has 3 aromatic rings. The maximum Gasteiger partial charge on any atom is 0.419 e. The molecule has 0 spiro atoms. The maximum absolute atomic E-state index is 13.8. The first-order valence-electron chi connectivity index (χ1n) is 19.8. The summed E-state index contributed by atoms with van der Waals surface area (Å²) >= 11 is 1.82. The van der Waals surface area contributed by atoms with Gasteiger partial charge in [-0.15, -0.1) is 0 Å². The molecule has 0 bridgehead atoms. The SMILES string of the molecule is CC1CC(Nc2ncc(C(F)(F)F)c(-c3cnn(C)c3)n2)CCN1SN1CCC(CN2CCN(c3ccc(C=O)c(CN(C)C4CCC(=O)NC4=O)c3)CC2)CC1. The lowest BCUT2D eigenvalue weighted by Gasteiger charge is -2.42. The summed E-state index contributed by atoms with van der Waals surface area (Å²) < 4.78 is 47.6. The summed E-state index contributed by atoms with van der Waals surface area (Å²) in [5.74, 6) is 0.309. The van der Waals surface area contributed by atoms with Crippen molar-refractivity contribution in [3.05, 3.63) is 53.5 Å². The van der Waals surface area contributed by atoms with E-state index in [-0.39, 0.29) is 35.5 Å². The van der Waals surface area contributed by atoms with Crippen molar-refractivity contribution in [1.29, 1.82) is 0 Å². The Morgan fingerprint density at radius 1 is 1.04 bits per heavy atom. The molecule has 6 heterocycles. The average molecular weight is 812 g/mol. The van der Waals surface area contributed by atoms with Gasteiger partial charge < -0.3 is 10.2 Å². The minimum atomic E-state index is -4.58. The van der Waals surface area contributed by atoms with Gasteiger partial charge in [0, 0.05) is 126 Å². The molecule has 308 valence electrons. The van der Waals surface area contributed by atoms with E-state index in [1.165, 1.54) is 17.1 Å². The second kappa shape index (κ2) is 17.8. The number of nitrogens with zero attached hydrogens (tertiary/aromatic N) is 9. The fourth-order valence-electron chi connectivity index (χ4n) is 8.41. The van der Waals surface area contributed by atoms with Crippen molar-refractivity contribution >= 4 is 41.9 Å². The molecule has 14 nitrogen and oxygen atoms in total. The van der Waals surface area contributed by atoms with Gasteiger partial charge in [-0.2, -0.15) is 18.3 Å². The van der Waals surface area contributed by atoms with E-state index < -0.39 is 17.8 Å². The molecule has 57 heavy (non-hydrogen) atoms. The number of likely N-dealkylation sites (N-methyl/N-ethyl adjacent to an activating group) is 1. The molecule has 3 atom stereocenters. The number of aryl methyl sites for hydroxylation is 1. The highest BCUT2D eigenvalue weighted by molar-refractivity contribution is 7.94. The number of alkyl halides is 3. The topological polar surface area (TPSA) is 135 Å². The van der Waals surface area contributed by atoms with Crippen molar-refractivity contribution in [3.63, 3.8) is 0 Å². The van der Waals surface area contributed by atoms with E-state index in [1.807, 2.05) is 36.2 Å². The lowest BCUT2D eigenvalue weighted by atomic mass is 9.97. The van der Waals surface area contributed by atoms with Crippen molar-refractivity contribution in [3.8, 4) is 11.3 Å². The largest absolute Gasteiger partial charge is 0.419 e. The lowest BCUT2D eigenvalue weighted by Crippen LogP contribution is -2.51. The van der Waals surface area contributed by atoms with Gasteiger partial charge in [-0.1, -0.05) is 0 Å². The third kappa shape index (κ3) is 10.1. The zero-order valence-corrected chi connectivity index (χ0v) is 33.6. The number of nitrogens with one attached hydrogen (secondary N) is 2. The van der Waals surface area contributed by atoms with E-state index in [9.17, 15) is 27.6 Å². The van der Waals surface area contributed by atoms with Crippen LogP contribution in [0.15, 0.2) is 36.8 Å². The van der Waals surface area contributed by atoms with Gasteiger partial charge in [-0.25, -0.2) is 18.6 Å². The van der Waals surface area contributed by atoms with Crippen LogP contribution < -0.4 is 15.5 Å². The van der Waals surface area contributed by atoms with Gasteiger partial charge in [0.05, 0.1) is 17.9 Å². The summed E-state index contributed by atoms with van der Waals surface area (Å²) in [6.45, 7) is 10.4. The lowest BCUT2D eigenvalue weighted by molar-refractivity contribution is -0.138. The number of anilines is 2. The van der Waals surface area contributed by atoms with E-state index >= 15 is 0 Å². The number of hydrogen-bond acceptors (Lipinski definition) is 13. The van der Waals surface area contributed by atoms with Crippen LogP contribution in [0.3, 0.4) is 0 Å². The number of imide groups is 1. The summed E-state index contributed by atoms with van der Waals surface area (Å²) in [7, 11) is 3.51. The normalized spacial score (nSPS) is 23.6. The Morgan fingerprint density at radius 2 is 1.81 bits per heavy atom. The molecular weight excluding hydrogens is 760 g/mol. The minimum absolute atomic E-state index is 0.0472. The maximum atomic E-state index is 13.8. The number of piperidine rings is 3. The Hall–Kier alpha value is -4.10. The number of carbonyl (C=O) groups is 3. The fraction of sp³-hybridized carbons (Fsp3) is 0.590. The Balaban J connectivity index is 0.837. The third-order valence-corrected chi connectivity index (χ3v) is 13.0. The summed E-state index contributed by atoms with van der Waals surface area (Å²) in [4.78, 5) is 51.1. The first kappa shape index (κ1) is 41.1. The average Bonchev–Trinajstić information content (AvgIpc) is 3.62. The molecule has 7 rings (SSSR count). The van der Waals surface area contributed by atoms with Crippen LogP contribution in [0.1, 0.15) is 66.9 Å². The van der Waals surface area contributed by atoms with Crippen LogP contribution >= 0.6 is 12.1 Å². The zero-order chi connectivity index (χ0) is 40.3. The highest BCUT2D eigenvalue weighted by atomic mass is 32.2. The van der Waals surface area contributed by atoms with Crippen LogP contribution in [-0.2, 0) is 29.4 Å². The number of benzene rings is 1. The smallest absolute Gasteiger partial charge is 0.369 e. The second-order valence-corrected chi connectivity index (χ2v) is 17.0. The van der Waals surface area contributed by atoms with E-state index in [0.29, 0.717) is 36.4 Å². The Labute approximate surface area is 335 Å². The number of rotatable bonds is 12. The molecule has 0 radical (unpaired) electrons. The number of aromatic nitrogens is 4. The van der Waals surface area contributed by atoms with Crippen LogP contribution in [0.4, 0.5) is 24.8 Å². The number of piperazine rings is 1.